The van der Waals surface area contributed by atoms with Crippen LogP contribution in [0.5, 0.6) is 0 Å². The van der Waals surface area contributed by atoms with E-state index in [1.807, 2.05) is 0 Å². The van der Waals surface area contributed by atoms with Gasteiger partial charge in [-0.3, -0.25) is 0 Å². The second kappa shape index (κ2) is 4.49. The smallest absolute Gasteiger partial charge is 0.224 e. The van der Waals surface area contributed by atoms with Crippen LogP contribution in [0.15, 0.2) is 0 Å². The molecule has 0 fully saturated rings. The van der Waals surface area contributed by atoms with Crippen LogP contribution in [-0.4, -0.2) is 21.4 Å². The zero-order valence-corrected chi connectivity index (χ0v) is 10.6. The van der Waals surface area contributed by atoms with Gasteiger partial charge in [0.15, 0.2) is 0 Å². The monoisotopic (exact) mass is 366 g/mol. The Morgan fingerprint density at radius 3 is 1.38 bits per heavy atom. The predicted octanol–water partition coefficient (Wildman–Crippen LogP) is 4.81. The minimum absolute atomic E-state index is 0.00535. The van der Waals surface area contributed by atoms with Crippen molar-refractivity contribution >= 4 is 22.6 Å². The van der Waals surface area contributed by atoms with E-state index in [0.29, 0.717) is 0 Å². The molecule has 0 saturated heterocycles. The maximum Gasteiger partial charge on any atom is 0.431 e. The molecular weight excluding hydrogens is 356 g/mol. The molecule has 0 aromatic carbocycles. The Hall–Kier alpha value is 0.240. The van der Waals surface area contributed by atoms with E-state index in [2.05, 4.69) is 0 Å². The predicted molar refractivity (Wildman–Crippen MR) is 53.3 cm³/mol. The van der Waals surface area contributed by atoms with Crippen LogP contribution >= 0.6 is 22.6 Å². The van der Waals surface area contributed by atoms with Crippen LogP contribution in [0, 0.1) is 0 Å². The molecule has 0 bridgehead atoms. The van der Waals surface area contributed by atoms with Gasteiger partial charge in [-0.25, -0.2) is 4.39 Å². The second-order valence-corrected chi connectivity index (χ2v) is 6.34. The van der Waals surface area contributed by atoms with E-state index < -0.39 is 27.9 Å². The van der Waals surface area contributed by atoms with Gasteiger partial charge in [0.25, 0.3) is 5.67 Å². The summed E-state index contributed by atoms with van der Waals surface area (Å²) in [5.41, 5.74) is -5.15. The molecule has 1 unspecified atom stereocenters. The quantitative estimate of drug-likeness (QED) is 0.382. The van der Waals surface area contributed by atoms with Crippen LogP contribution < -0.4 is 0 Å². The summed E-state index contributed by atoms with van der Waals surface area (Å²) < 4.78 is 84.8. The molecule has 0 aliphatic heterocycles. The van der Waals surface area contributed by atoms with E-state index >= 15 is 0 Å². The minimum Gasteiger partial charge on any atom is -0.224 e. The lowest BCUT2D eigenvalue weighted by atomic mass is 9.90. The topological polar surface area (TPSA) is 0 Å². The fraction of sp³-hybridized carbons (Fsp3) is 1.00. The molecule has 0 saturated carbocycles. The Balaban J connectivity index is 5.30. The summed E-state index contributed by atoms with van der Waals surface area (Å²) in [6.45, 7) is 2.55. The summed E-state index contributed by atoms with van der Waals surface area (Å²) in [6.07, 6.45) is -13.5. The molecule has 0 aromatic heterocycles. The van der Waals surface area contributed by atoms with Gasteiger partial charge < -0.3 is 0 Å². The molecule has 0 aromatic rings. The average Bonchev–Trinajstić information content (AvgIpc) is 1.99. The second-order valence-electron chi connectivity index (χ2n) is 3.74. The molecule has 0 N–H and O–H groups in total. The molecule has 0 nitrogen and oxygen atoms in total. The standard InChI is InChI=1S/C8H10F7I/c1-3-5(2,16)4-6(9,7(10,11)12)8(13,14)15/h3-4H2,1-2H3. The lowest BCUT2D eigenvalue weighted by molar-refractivity contribution is -0.344. The van der Waals surface area contributed by atoms with Crippen molar-refractivity contribution in [2.75, 3.05) is 0 Å². The van der Waals surface area contributed by atoms with Gasteiger partial charge in [-0.1, -0.05) is 36.4 Å². The average molecular weight is 366 g/mol. The lowest BCUT2D eigenvalue weighted by Crippen LogP contribution is -2.55. The summed E-state index contributed by atoms with van der Waals surface area (Å²) >= 11 is 1.40. The fourth-order valence-corrected chi connectivity index (χ4v) is 1.52. The van der Waals surface area contributed by atoms with Crippen LogP contribution in [-0.2, 0) is 0 Å². The van der Waals surface area contributed by atoms with E-state index in [0.717, 1.165) is 6.92 Å². The lowest BCUT2D eigenvalue weighted by Gasteiger charge is -2.35. The summed E-state index contributed by atoms with van der Waals surface area (Å²) in [5.74, 6) is 0. The first-order chi connectivity index (χ1) is 6.77. The van der Waals surface area contributed by atoms with Gasteiger partial charge in [0.1, 0.15) is 0 Å². The molecule has 0 radical (unpaired) electrons. The summed E-state index contributed by atoms with van der Waals surface area (Å²) in [7, 11) is 0. The van der Waals surface area contributed by atoms with Crippen molar-refractivity contribution in [3.8, 4) is 0 Å². The Labute approximate surface area is 102 Å². The molecule has 0 spiro atoms. The van der Waals surface area contributed by atoms with Crippen molar-refractivity contribution in [1.29, 1.82) is 0 Å². The van der Waals surface area contributed by atoms with Gasteiger partial charge in [0, 0.05) is 9.84 Å². The van der Waals surface area contributed by atoms with Gasteiger partial charge in [-0.05, 0) is 6.42 Å². The molecular formula is C8H10F7I. The van der Waals surface area contributed by atoms with Gasteiger partial charge in [0.05, 0.1) is 0 Å². The van der Waals surface area contributed by atoms with Crippen molar-refractivity contribution in [3.05, 3.63) is 0 Å². The third-order valence-electron chi connectivity index (χ3n) is 2.25. The van der Waals surface area contributed by atoms with E-state index in [9.17, 15) is 30.7 Å². The molecule has 0 aliphatic rings. The first-order valence-corrected chi connectivity index (χ1v) is 5.36. The number of halogens is 8. The Bertz CT molecular complexity index is 226. The van der Waals surface area contributed by atoms with Crippen molar-refractivity contribution in [1.82, 2.24) is 0 Å². The SMILES string of the molecule is CCC(C)(I)CC(F)(C(F)(F)F)C(F)(F)F. The third kappa shape index (κ3) is 3.36. The highest BCUT2D eigenvalue weighted by Crippen LogP contribution is 2.52. The maximum atomic E-state index is 13.2. The summed E-state index contributed by atoms with van der Waals surface area (Å²) in [4.78, 5) is 0. The van der Waals surface area contributed by atoms with Crippen LogP contribution in [0.3, 0.4) is 0 Å². The van der Waals surface area contributed by atoms with Crippen molar-refractivity contribution in [2.45, 2.75) is 48.1 Å². The minimum atomic E-state index is -5.95. The molecule has 0 heterocycles. The van der Waals surface area contributed by atoms with Crippen LogP contribution in [0.1, 0.15) is 26.7 Å². The zero-order chi connectivity index (χ0) is 13.4. The highest BCUT2D eigenvalue weighted by molar-refractivity contribution is 14.1. The number of hydrogen-bond acceptors (Lipinski definition) is 0. The number of rotatable bonds is 3. The largest absolute Gasteiger partial charge is 0.431 e. The highest BCUT2D eigenvalue weighted by atomic mass is 127. The van der Waals surface area contributed by atoms with Crippen molar-refractivity contribution in [3.63, 3.8) is 0 Å². The van der Waals surface area contributed by atoms with Crippen molar-refractivity contribution < 1.29 is 30.7 Å². The normalized spacial score (nSPS) is 18.4. The van der Waals surface area contributed by atoms with Gasteiger partial charge in [-0.2, -0.15) is 26.3 Å². The highest BCUT2D eigenvalue weighted by Gasteiger charge is 2.73. The molecule has 98 valence electrons. The Morgan fingerprint density at radius 1 is 0.875 bits per heavy atom. The zero-order valence-electron chi connectivity index (χ0n) is 8.44. The molecule has 0 amide bonds. The van der Waals surface area contributed by atoms with Gasteiger partial charge in [-0.15, -0.1) is 0 Å². The van der Waals surface area contributed by atoms with E-state index in [-0.39, 0.29) is 6.42 Å². The van der Waals surface area contributed by atoms with E-state index in [1.165, 1.54) is 29.5 Å². The molecule has 16 heavy (non-hydrogen) atoms. The first kappa shape index (κ1) is 16.2. The third-order valence-corrected chi connectivity index (χ3v) is 3.39. The summed E-state index contributed by atoms with van der Waals surface area (Å²) in [5, 5.41) is 0. The fourth-order valence-electron chi connectivity index (χ4n) is 0.994. The van der Waals surface area contributed by atoms with E-state index in [4.69, 9.17) is 0 Å². The number of hydrogen-bond donors (Lipinski definition) is 0. The van der Waals surface area contributed by atoms with Crippen LogP contribution in [0.25, 0.3) is 0 Å². The van der Waals surface area contributed by atoms with E-state index in [1.54, 1.807) is 0 Å². The van der Waals surface area contributed by atoms with Crippen LogP contribution in [0.4, 0.5) is 30.7 Å². The summed E-state index contributed by atoms with van der Waals surface area (Å²) in [6, 6.07) is 0. The molecule has 1 atom stereocenters. The van der Waals surface area contributed by atoms with Gasteiger partial charge >= 0.3 is 12.4 Å². The maximum absolute atomic E-state index is 13.2. The Kier molecular flexibility index (Phi) is 4.56. The molecule has 0 rings (SSSR count). The first-order valence-electron chi connectivity index (χ1n) is 4.28. The molecule has 8 heteroatoms. The number of alkyl halides is 8. The molecule has 0 aliphatic carbocycles. The van der Waals surface area contributed by atoms with Crippen molar-refractivity contribution in [2.24, 2.45) is 0 Å². The van der Waals surface area contributed by atoms with Gasteiger partial charge in [0.2, 0.25) is 0 Å². The van der Waals surface area contributed by atoms with Crippen LogP contribution in [0.2, 0.25) is 0 Å². The Morgan fingerprint density at radius 2 is 1.19 bits per heavy atom.